The van der Waals surface area contributed by atoms with E-state index in [1.54, 1.807) is 16.7 Å². The number of benzene rings is 2. The molecule has 0 bridgehead atoms. The molecule has 34 heavy (non-hydrogen) atoms. The number of fused-ring (bicyclic) bond motifs is 3. The Bertz CT molecular complexity index is 1070. The van der Waals surface area contributed by atoms with Gasteiger partial charge in [-0.15, -0.1) is 0 Å². The topological polar surface area (TPSA) is 95.9 Å². The van der Waals surface area contributed by atoms with Crippen molar-refractivity contribution in [2.24, 2.45) is 0 Å². The Balaban J connectivity index is 1.27. The van der Waals surface area contributed by atoms with E-state index in [9.17, 15) is 19.5 Å². The van der Waals surface area contributed by atoms with Crippen LogP contribution in [0.15, 0.2) is 48.5 Å². The number of carbonyl (C=O) groups is 3. The van der Waals surface area contributed by atoms with Crippen molar-refractivity contribution in [3.8, 4) is 11.1 Å². The Morgan fingerprint density at radius 2 is 1.71 bits per heavy atom. The minimum absolute atomic E-state index is 0.0507. The van der Waals surface area contributed by atoms with Crippen LogP contribution < -0.4 is 5.32 Å². The van der Waals surface area contributed by atoms with Gasteiger partial charge in [0.05, 0.1) is 12.5 Å². The number of alkyl carbamates (subject to hydrolysis) is 1. The van der Waals surface area contributed by atoms with Crippen LogP contribution in [0.25, 0.3) is 11.1 Å². The lowest BCUT2D eigenvalue weighted by molar-refractivity contribution is -0.146. The van der Waals surface area contributed by atoms with Crippen LogP contribution in [0.5, 0.6) is 0 Å². The molecule has 1 unspecified atom stereocenters. The third-order valence-corrected chi connectivity index (χ3v) is 8.29. The lowest BCUT2D eigenvalue weighted by atomic mass is 9.75. The van der Waals surface area contributed by atoms with Crippen molar-refractivity contribution in [1.29, 1.82) is 0 Å². The number of carbonyl (C=O) groups excluding carboxylic acids is 2. The van der Waals surface area contributed by atoms with Crippen LogP contribution in [0.2, 0.25) is 0 Å². The van der Waals surface area contributed by atoms with Gasteiger partial charge in [0.15, 0.2) is 0 Å². The van der Waals surface area contributed by atoms with Crippen molar-refractivity contribution in [2.75, 3.05) is 24.7 Å². The van der Waals surface area contributed by atoms with Gasteiger partial charge >= 0.3 is 12.1 Å². The van der Waals surface area contributed by atoms with Gasteiger partial charge in [0.1, 0.15) is 12.1 Å². The maximum Gasteiger partial charge on any atom is 0.408 e. The zero-order valence-corrected chi connectivity index (χ0v) is 19.7. The molecule has 7 nitrogen and oxygen atoms in total. The molecule has 178 valence electrons. The SMILES string of the molecule is O=C(O)CC1CSCCN1C(=O)C1(NC(=O)OCC2c3ccccc3-c3ccccc32)CCC1. The van der Waals surface area contributed by atoms with E-state index < -0.39 is 17.6 Å². The Labute approximate surface area is 202 Å². The predicted octanol–water partition coefficient (Wildman–Crippen LogP) is 3.87. The Morgan fingerprint density at radius 3 is 2.29 bits per heavy atom. The second kappa shape index (κ2) is 9.33. The molecule has 1 atom stereocenters. The van der Waals surface area contributed by atoms with Crippen LogP contribution in [-0.2, 0) is 14.3 Å². The molecule has 1 aliphatic heterocycles. The molecule has 0 radical (unpaired) electrons. The summed E-state index contributed by atoms with van der Waals surface area (Å²) in [6.07, 6.45) is 1.23. The number of carboxylic acids is 1. The van der Waals surface area contributed by atoms with E-state index in [2.05, 4.69) is 29.6 Å². The van der Waals surface area contributed by atoms with Crippen LogP contribution >= 0.6 is 11.8 Å². The van der Waals surface area contributed by atoms with Crippen molar-refractivity contribution < 1.29 is 24.2 Å². The van der Waals surface area contributed by atoms with Crippen molar-refractivity contribution in [1.82, 2.24) is 10.2 Å². The van der Waals surface area contributed by atoms with E-state index in [0.29, 0.717) is 25.1 Å². The highest BCUT2D eigenvalue weighted by molar-refractivity contribution is 7.99. The van der Waals surface area contributed by atoms with Gasteiger partial charge < -0.3 is 20.1 Å². The van der Waals surface area contributed by atoms with Gasteiger partial charge in [0.2, 0.25) is 5.91 Å². The van der Waals surface area contributed by atoms with Gasteiger partial charge in [-0.05, 0) is 41.5 Å². The number of hydrogen-bond acceptors (Lipinski definition) is 5. The molecular weight excluding hydrogens is 452 g/mol. The van der Waals surface area contributed by atoms with Gasteiger partial charge in [0.25, 0.3) is 0 Å². The quantitative estimate of drug-likeness (QED) is 0.652. The molecule has 2 aromatic rings. The van der Waals surface area contributed by atoms with Crippen LogP contribution in [0.1, 0.15) is 42.7 Å². The lowest BCUT2D eigenvalue weighted by Crippen LogP contribution is -2.66. The Kier molecular flexibility index (Phi) is 6.25. The smallest absolute Gasteiger partial charge is 0.408 e. The summed E-state index contributed by atoms with van der Waals surface area (Å²) in [5, 5.41) is 12.1. The molecule has 1 saturated heterocycles. The monoisotopic (exact) mass is 480 g/mol. The van der Waals surface area contributed by atoms with Crippen LogP contribution in [0.3, 0.4) is 0 Å². The maximum absolute atomic E-state index is 13.5. The van der Waals surface area contributed by atoms with E-state index >= 15 is 0 Å². The van der Waals surface area contributed by atoms with E-state index in [4.69, 9.17) is 4.74 Å². The number of carboxylic acid groups (broad SMARTS) is 1. The molecular formula is C26H28N2O5S. The summed E-state index contributed by atoms with van der Waals surface area (Å²) in [6.45, 7) is 0.682. The summed E-state index contributed by atoms with van der Waals surface area (Å²) in [6, 6.07) is 15.9. The van der Waals surface area contributed by atoms with Crippen molar-refractivity contribution in [3.63, 3.8) is 0 Å². The third-order valence-electron chi connectivity index (χ3n) is 7.20. The number of aliphatic carboxylic acids is 1. The molecule has 8 heteroatoms. The van der Waals surface area contributed by atoms with E-state index in [-0.39, 0.29) is 30.9 Å². The molecule has 2 fully saturated rings. The number of amides is 2. The summed E-state index contributed by atoms with van der Waals surface area (Å²) in [5.41, 5.74) is 3.58. The first-order chi connectivity index (χ1) is 16.5. The predicted molar refractivity (Wildman–Crippen MR) is 130 cm³/mol. The van der Waals surface area contributed by atoms with E-state index in [1.165, 1.54) is 0 Å². The van der Waals surface area contributed by atoms with Crippen LogP contribution in [0, 0.1) is 0 Å². The molecule has 2 N–H and O–H groups in total. The highest BCUT2D eigenvalue weighted by atomic mass is 32.2. The second-order valence-corrected chi connectivity index (χ2v) is 10.4. The zero-order valence-electron chi connectivity index (χ0n) is 18.9. The van der Waals surface area contributed by atoms with Crippen LogP contribution in [-0.4, -0.2) is 64.2 Å². The average molecular weight is 481 g/mol. The summed E-state index contributed by atoms with van der Waals surface area (Å²) in [4.78, 5) is 39.3. The summed E-state index contributed by atoms with van der Waals surface area (Å²) in [7, 11) is 0. The van der Waals surface area contributed by atoms with E-state index in [0.717, 1.165) is 34.4 Å². The lowest BCUT2D eigenvalue weighted by Gasteiger charge is -2.46. The standard InChI is InChI=1S/C26H28N2O5S/c29-23(30)14-17-16-34-13-12-28(17)24(31)26(10-5-11-26)27-25(32)33-15-22-20-8-3-1-6-18(20)19-7-2-4-9-21(19)22/h1-4,6-9,17,22H,5,10-16H2,(H,27,32)(H,29,30). The number of ether oxygens (including phenoxy) is 1. The molecule has 1 heterocycles. The largest absolute Gasteiger partial charge is 0.481 e. The fourth-order valence-electron chi connectivity index (χ4n) is 5.32. The summed E-state index contributed by atoms with van der Waals surface area (Å²) in [5.74, 6) is 0.212. The molecule has 2 aliphatic carbocycles. The van der Waals surface area contributed by atoms with Gasteiger partial charge in [-0.25, -0.2) is 4.79 Å². The summed E-state index contributed by atoms with van der Waals surface area (Å²) >= 11 is 1.66. The van der Waals surface area contributed by atoms with Crippen LogP contribution in [0.4, 0.5) is 4.79 Å². The maximum atomic E-state index is 13.5. The van der Waals surface area contributed by atoms with E-state index in [1.807, 2.05) is 24.3 Å². The first-order valence-electron chi connectivity index (χ1n) is 11.7. The normalized spacial score (nSPS) is 20.6. The molecule has 0 spiro atoms. The molecule has 5 rings (SSSR count). The fourth-order valence-corrected chi connectivity index (χ4v) is 6.38. The minimum Gasteiger partial charge on any atom is -0.481 e. The second-order valence-electron chi connectivity index (χ2n) is 9.21. The number of rotatable bonds is 6. The van der Waals surface area contributed by atoms with Gasteiger partial charge in [-0.3, -0.25) is 9.59 Å². The Morgan fingerprint density at radius 1 is 1.06 bits per heavy atom. The molecule has 3 aliphatic rings. The van der Waals surface area contributed by atoms with Gasteiger partial charge in [-0.2, -0.15) is 11.8 Å². The first-order valence-corrected chi connectivity index (χ1v) is 12.9. The fraction of sp³-hybridized carbons (Fsp3) is 0.423. The van der Waals surface area contributed by atoms with Crippen molar-refractivity contribution in [3.05, 3.63) is 59.7 Å². The van der Waals surface area contributed by atoms with Gasteiger partial charge in [0, 0.05) is 24.0 Å². The summed E-state index contributed by atoms with van der Waals surface area (Å²) < 4.78 is 5.68. The number of nitrogens with zero attached hydrogens (tertiary/aromatic N) is 1. The highest BCUT2D eigenvalue weighted by Gasteiger charge is 2.49. The van der Waals surface area contributed by atoms with Gasteiger partial charge in [-0.1, -0.05) is 48.5 Å². The molecule has 2 aromatic carbocycles. The third kappa shape index (κ3) is 4.15. The molecule has 0 aromatic heterocycles. The number of hydrogen-bond donors (Lipinski definition) is 2. The molecule has 2 amide bonds. The molecule has 1 saturated carbocycles. The number of thioether (sulfide) groups is 1. The highest BCUT2D eigenvalue weighted by Crippen LogP contribution is 2.44. The number of nitrogens with one attached hydrogen (secondary N) is 1. The van der Waals surface area contributed by atoms with Crippen molar-refractivity contribution in [2.45, 2.75) is 43.2 Å². The minimum atomic E-state index is -0.999. The zero-order chi connectivity index (χ0) is 23.7. The Hall–Kier alpha value is -3.00. The van der Waals surface area contributed by atoms with Crippen molar-refractivity contribution >= 4 is 29.7 Å². The average Bonchev–Trinajstić information content (AvgIpc) is 3.13. The first kappa shape index (κ1) is 22.8.